The molecule has 1 heterocycles. The second kappa shape index (κ2) is 11.2. The molecule has 0 unspecified atom stereocenters. The second-order valence-electron chi connectivity index (χ2n) is 7.48. The molecule has 1 fully saturated rings. The highest BCUT2D eigenvalue weighted by atomic mass is 79.9. The van der Waals surface area contributed by atoms with E-state index >= 15 is 0 Å². The van der Waals surface area contributed by atoms with Gasteiger partial charge in [0.1, 0.15) is 24.7 Å². The van der Waals surface area contributed by atoms with Crippen LogP contribution in [0.3, 0.4) is 0 Å². The summed E-state index contributed by atoms with van der Waals surface area (Å²) in [6.07, 6.45) is 1.62. The third-order valence-corrected chi connectivity index (χ3v) is 6.57. The first-order valence-electron chi connectivity index (χ1n) is 10.6. The van der Waals surface area contributed by atoms with Gasteiger partial charge in [0.2, 0.25) is 5.91 Å². The number of anilines is 1. The molecule has 0 atom stereocenters. The molecule has 1 N–H and O–H groups in total. The Bertz CT molecular complexity index is 1300. The molecule has 7 nitrogen and oxygen atoms in total. The molecular weight excluding hydrogens is 532 g/mol. The summed E-state index contributed by atoms with van der Waals surface area (Å²) >= 11 is 4.30. The topological polar surface area (TPSA) is 84.9 Å². The first-order valence-corrected chi connectivity index (χ1v) is 12.2. The lowest BCUT2D eigenvalue weighted by Gasteiger charge is -2.14. The molecule has 1 aliphatic heterocycles. The van der Waals surface area contributed by atoms with Crippen molar-refractivity contribution in [1.29, 1.82) is 0 Å². The van der Waals surface area contributed by atoms with Gasteiger partial charge in [-0.05, 0) is 69.2 Å². The predicted octanol–water partition coefficient (Wildman–Crippen LogP) is 5.71. The zero-order valence-electron chi connectivity index (χ0n) is 18.7. The highest BCUT2D eigenvalue weighted by Gasteiger charge is 2.36. The zero-order valence-corrected chi connectivity index (χ0v) is 21.1. The van der Waals surface area contributed by atoms with Crippen molar-refractivity contribution in [3.05, 3.63) is 93.3 Å². The molecule has 0 spiro atoms. The van der Waals surface area contributed by atoms with E-state index in [1.807, 2.05) is 36.4 Å². The van der Waals surface area contributed by atoms with E-state index in [4.69, 9.17) is 9.47 Å². The first-order chi connectivity index (χ1) is 16.9. The van der Waals surface area contributed by atoms with Crippen molar-refractivity contribution in [2.75, 3.05) is 19.0 Å². The van der Waals surface area contributed by atoms with Gasteiger partial charge in [-0.3, -0.25) is 19.3 Å². The third kappa shape index (κ3) is 6.12. The number of thioether (sulfide) groups is 1. The fourth-order valence-electron chi connectivity index (χ4n) is 3.33. The Morgan fingerprint density at radius 3 is 2.51 bits per heavy atom. The number of carbonyl (C=O) groups excluding carboxylic acids is 3. The van der Waals surface area contributed by atoms with Gasteiger partial charge in [0.05, 0.1) is 22.2 Å². The molecule has 3 amide bonds. The number of rotatable bonds is 8. The summed E-state index contributed by atoms with van der Waals surface area (Å²) in [4.78, 5) is 38.9. The average molecular weight is 553 g/mol. The number of ether oxygens (including phenoxy) is 2. The van der Waals surface area contributed by atoms with Crippen LogP contribution in [0.25, 0.3) is 6.08 Å². The lowest BCUT2D eigenvalue weighted by Crippen LogP contribution is -2.36. The Hall–Kier alpha value is -3.56. The SMILES string of the molecule is COc1ccccc1NC(=O)CN1C(=O)S/C(=C/c2ccc(OCc3ccccc3)c(Br)c2)C1=O. The van der Waals surface area contributed by atoms with Gasteiger partial charge in [-0.1, -0.05) is 48.5 Å². The number of halogens is 1. The molecule has 3 aromatic rings. The Morgan fingerprint density at radius 1 is 1.03 bits per heavy atom. The van der Waals surface area contributed by atoms with Crippen LogP contribution in [0.1, 0.15) is 11.1 Å². The normalized spacial score (nSPS) is 14.3. The number of nitrogens with zero attached hydrogens (tertiary/aromatic N) is 1. The lowest BCUT2D eigenvalue weighted by atomic mass is 10.2. The van der Waals surface area contributed by atoms with Crippen molar-refractivity contribution < 1.29 is 23.9 Å². The standard InChI is InChI=1S/C26H21BrN2O5S/c1-33-22-10-6-5-9-20(22)28-24(30)15-29-25(31)23(35-26(29)32)14-18-11-12-21(19(27)13-18)34-16-17-7-3-2-4-8-17/h2-14H,15-16H2,1H3,(H,28,30)/b23-14+. The van der Waals surface area contributed by atoms with Gasteiger partial charge in [0, 0.05) is 0 Å². The molecule has 0 saturated carbocycles. The van der Waals surface area contributed by atoms with Gasteiger partial charge in [-0.2, -0.15) is 0 Å². The number of hydrogen-bond donors (Lipinski definition) is 1. The second-order valence-corrected chi connectivity index (χ2v) is 9.33. The van der Waals surface area contributed by atoms with Gasteiger partial charge in [0.25, 0.3) is 11.1 Å². The molecule has 0 radical (unpaired) electrons. The fourth-order valence-corrected chi connectivity index (χ4v) is 4.68. The van der Waals surface area contributed by atoms with E-state index in [0.717, 1.165) is 26.7 Å². The minimum atomic E-state index is -0.518. The molecule has 178 valence electrons. The molecule has 1 saturated heterocycles. The number of amides is 3. The zero-order chi connectivity index (χ0) is 24.8. The third-order valence-electron chi connectivity index (χ3n) is 5.05. The van der Waals surface area contributed by atoms with Crippen LogP contribution >= 0.6 is 27.7 Å². The summed E-state index contributed by atoms with van der Waals surface area (Å²) in [5.74, 6) is 0.125. The number of para-hydroxylation sites is 2. The summed E-state index contributed by atoms with van der Waals surface area (Å²) in [7, 11) is 1.49. The van der Waals surface area contributed by atoms with E-state index in [0.29, 0.717) is 29.4 Å². The van der Waals surface area contributed by atoms with Crippen LogP contribution in [0, 0.1) is 0 Å². The molecule has 0 aliphatic carbocycles. The van der Waals surface area contributed by atoms with Crippen molar-refractivity contribution in [1.82, 2.24) is 4.90 Å². The summed E-state index contributed by atoms with van der Waals surface area (Å²) in [6, 6.07) is 22.1. The van der Waals surface area contributed by atoms with Crippen molar-refractivity contribution in [3.63, 3.8) is 0 Å². The quantitative estimate of drug-likeness (QED) is 0.360. The molecule has 0 bridgehead atoms. The summed E-state index contributed by atoms with van der Waals surface area (Å²) in [6.45, 7) is 0.0324. The fraction of sp³-hybridized carbons (Fsp3) is 0.115. The molecule has 3 aromatic carbocycles. The maximum atomic E-state index is 12.8. The molecule has 4 rings (SSSR count). The number of nitrogens with one attached hydrogen (secondary N) is 1. The summed E-state index contributed by atoms with van der Waals surface area (Å²) in [5.41, 5.74) is 2.22. The highest BCUT2D eigenvalue weighted by Crippen LogP contribution is 2.34. The monoisotopic (exact) mass is 552 g/mol. The Morgan fingerprint density at radius 2 is 1.77 bits per heavy atom. The average Bonchev–Trinajstić information content (AvgIpc) is 3.11. The maximum absolute atomic E-state index is 12.8. The predicted molar refractivity (Wildman–Crippen MR) is 139 cm³/mol. The van der Waals surface area contributed by atoms with Gasteiger partial charge < -0.3 is 14.8 Å². The van der Waals surface area contributed by atoms with E-state index in [9.17, 15) is 14.4 Å². The van der Waals surface area contributed by atoms with Crippen LogP contribution in [-0.2, 0) is 16.2 Å². The number of imide groups is 1. The van der Waals surface area contributed by atoms with Crippen LogP contribution in [0.4, 0.5) is 10.5 Å². The molecular formula is C26H21BrN2O5S. The number of benzene rings is 3. The van der Waals surface area contributed by atoms with Crippen LogP contribution < -0.4 is 14.8 Å². The minimum Gasteiger partial charge on any atom is -0.495 e. The van der Waals surface area contributed by atoms with E-state index in [1.54, 1.807) is 42.5 Å². The van der Waals surface area contributed by atoms with Crippen molar-refractivity contribution in [2.24, 2.45) is 0 Å². The van der Waals surface area contributed by atoms with Gasteiger partial charge in [-0.15, -0.1) is 0 Å². The van der Waals surface area contributed by atoms with Gasteiger partial charge in [-0.25, -0.2) is 0 Å². The molecule has 0 aromatic heterocycles. The first kappa shape index (κ1) is 24.6. The number of hydrogen-bond acceptors (Lipinski definition) is 6. The molecule has 1 aliphatic rings. The number of methoxy groups -OCH3 is 1. The summed E-state index contributed by atoms with van der Waals surface area (Å²) < 4.78 is 11.8. The maximum Gasteiger partial charge on any atom is 0.294 e. The van der Waals surface area contributed by atoms with Crippen LogP contribution in [0.5, 0.6) is 11.5 Å². The smallest absolute Gasteiger partial charge is 0.294 e. The lowest BCUT2D eigenvalue weighted by molar-refractivity contribution is -0.127. The van der Waals surface area contributed by atoms with Crippen molar-refractivity contribution in [3.8, 4) is 11.5 Å². The van der Waals surface area contributed by atoms with E-state index < -0.39 is 23.6 Å². The number of carbonyl (C=O) groups is 3. The minimum absolute atomic E-state index is 0.241. The highest BCUT2D eigenvalue weighted by molar-refractivity contribution is 9.10. The summed E-state index contributed by atoms with van der Waals surface area (Å²) in [5, 5.41) is 2.17. The largest absolute Gasteiger partial charge is 0.495 e. The van der Waals surface area contributed by atoms with Gasteiger partial charge >= 0.3 is 0 Å². The Kier molecular flexibility index (Phi) is 7.89. The van der Waals surface area contributed by atoms with Crippen molar-refractivity contribution >= 4 is 56.5 Å². The van der Waals surface area contributed by atoms with Crippen LogP contribution in [-0.4, -0.2) is 35.6 Å². The molecule has 9 heteroatoms. The van der Waals surface area contributed by atoms with Crippen LogP contribution in [0.15, 0.2) is 82.2 Å². The van der Waals surface area contributed by atoms with Gasteiger partial charge in [0.15, 0.2) is 0 Å². The van der Waals surface area contributed by atoms with Crippen molar-refractivity contribution in [2.45, 2.75) is 6.61 Å². The van der Waals surface area contributed by atoms with E-state index in [2.05, 4.69) is 21.2 Å². The van der Waals surface area contributed by atoms with E-state index in [1.165, 1.54) is 7.11 Å². The Balaban J connectivity index is 1.40. The Labute approximate surface area is 215 Å². The van der Waals surface area contributed by atoms with E-state index in [-0.39, 0.29) is 4.91 Å². The van der Waals surface area contributed by atoms with Crippen LogP contribution in [0.2, 0.25) is 0 Å². The molecule has 35 heavy (non-hydrogen) atoms.